The standard InChI is InChI=1S/C10H8BrClO4/c1-15-9(13)5-3-6(10(14)16-2)8(12)7(11)4-5/h3-4H,1-2H3. The van der Waals surface area contributed by atoms with Gasteiger partial charge in [-0.25, -0.2) is 9.59 Å². The number of methoxy groups -OCH3 is 2. The summed E-state index contributed by atoms with van der Waals surface area (Å²) in [6.07, 6.45) is 0. The average Bonchev–Trinajstić information content (AvgIpc) is 2.30. The molecule has 86 valence electrons. The number of carbonyl (C=O) groups excluding carboxylic acids is 2. The van der Waals surface area contributed by atoms with Gasteiger partial charge in [0.2, 0.25) is 0 Å². The minimum absolute atomic E-state index is 0.110. The Labute approximate surface area is 106 Å². The largest absolute Gasteiger partial charge is 0.465 e. The zero-order chi connectivity index (χ0) is 12.3. The van der Waals surface area contributed by atoms with Crippen molar-refractivity contribution in [2.75, 3.05) is 14.2 Å². The van der Waals surface area contributed by atoms with Crippen molar-refractivity contribution in [2.24, 2.45) is 0 Å². The topological polar surface area (TPSA) is 52.6 Å². The molecule has 0 spiro atoms. The highest BCUT2D eigenvalue weighted by atomic mass is 79.9. The molecule has 1 aromatic carbocycles. The minimum atomic E-state index is -0.614. The lowest BCUT2D eigenvalue weighted by Gasteiger charge is -2.07. The molecule has 0 aliphatic heterocycles. The van der Waals surface area contributed by atoms with Crippen LogP contribution >= 0.6 is 27.5 Å². The lowest BCUT2D eigenvalue weighted by Crippen LogP contribution is -2.07. The second kappa shape index (κ2) is 5.32. The van der Waals surface area contributed by atoms with E-state index in [4.69, 9.17) is 11.6 Å². The summed E-state index contributed by atoms with van der Waals surface area (Å²) < 4.78 is 9.52. The number of ether oxygens (including phenoxy) is 2. The van der Waals surface area contributed by atoms with E-state index in [1.165, 1.54) is 26.4 Å². The van der Waals surface area contributed by atoms with Crippen LogP contribution in [-0.2, 0) is 9.47 Å². The van der Waals surface area contributed by atoms with E-state index in [1.54, 1.807) is 0 Å². The molecule has 0 unspecified atom stereocenters. The highest BCUT2D eigenvalue weighted by Gasteiger charge is 2.17. The summed E-state index contributed by atoms with van der Waals surface area (Å²) in [6.45, 7) is 0. The van der Waals surface area contributed by atoms with Crippen molar-refractivity contribution < 1.29 is 19.1 Å². The first-order valence-corrected chi connectivity index (χ1v) is 5.34. The molecule has 16 heavy (non-hydrogen) atoms. The first-order valence-electron chi connectivity index (χ1n) is 4.17. The Balaban J connectivity index is 3.33. The maximum Gasteiger partial charge on any atom is 0.339 e. The fourth-order valence-electron chi connectivity index (χ4n) is 1.08. The van der Waals surface area contributed by atoms with E-state index >= 15 is 0 Å². The van der Waals surface area contributed by atoms with E-state index in [1.807, 2.05) is 0 Å². The van der Waals surface area contributed by atoms with Gasteiger partial charge in [-0.3, -0.25) is 0 Å². The van der Waals surface area contributed by atoms with Crippen molar-refractivity contribution in [3.05, 3.63) is 32.8 Å². The smallest absolute Gasteiger partial charge is 0.339 e. The maximum absolute atomic E-state index is 11.4. The second-order valence-electron chi connectivity index (χ2n) is 2.80. The van der Waals surface area contributed by atoms with Gasteiger partial charge in [-0.2, -0.15) is 0 Å². The summed E-state index contributed by atoms with van der Waals surface area (Å²) in [5.41, 5.74) is 0.332. The SMILES string of the molecule is COC(=O)c1cc(Br)c(Cl)c(C(=O)OC)c1. The Bertz CT molecular complexity index is 445. The van der Waals surface area contributed by atoms with Crippen molar-refractivity contribution in [1.82, 2.24) is 0 Å². The van der Waals surface area contributed by atoms with E-state index in [-0.39, 0.29) is 16.1 Å². The van der Waals surface area contributed by atoms with Crippen LogP contribution in [0.1, 0.15) is 20.7 Å². The summed E-state index contributed by atoms with van der Waals surface area (Å²) in [6, 6.07) is 2.80. The van der Waals surface area contributed by atoms with Gasteiger partial charge in [-0.15, -0.1) is 0 Å². The Kier molecular flexibility index (Phi) is 4.32. The zero-order valence-electron chi connectivity index (χ0n) is 8.54. The van der Waals surface area contributed by atoms with Crippen molar-refractivity contribution >= 4 is 39.5 Å². The molecular weight excluding hydrogens is 299 g/mol. The highest BCUT2D eigenvalue weighted by Crippen LogP contribution is 2.28. The number of carbonyl (C=O) groups is 2. The Morgan fingerprint density at radius 2 is 1.75 bits per heavy atom. The summed E-state index contributed by atoms with van der Waals surface area (Å²) in [7, 11) is 2.49. The molecule has 0 N–H and O–H groups in total. The van der Waals surface area contributed by atoms with Gasteiger partial charge in [0.05, 0.1) is 30.4 Å². The predicted molar refractivity (Wildman–Crippen MR) is 61.8 cm³/mol. The summed E-state index contributed by atoms with van der Waals surface area (Å²) >= 11 is 9.03. The first-order chi connectivity index (χ1) is 7.51. The number of halogens is 2. The van der Waals surface area contributed by atoms with E-state index in [0.717, 1.165) is 0 Å². The van der Waals surface area contributed by atoms with Gasteiger partial charge in [0, 0.05) is 4.47 Å². The molecule has 0 saturated carbocycles. The molecule has 0 amide bonds. The first kappa shape index (κ1) is 13.0. The normalized spacial score (nSPS) is 9.75. The maximum atomic E-state index is 11.4. The van der Waals surface area contributed by atoms with Crippen LogP contribution in [0.2, 0.25) is 5.02 Å². The molecular formula is C10H8BrClO4. The van der Waals surface area contributed by atoms with Crippen LogP contribution in [-0.4, -0.2) is 26.2 Å². The van der Waals surface area contributed by atoms with Crippen molar-refractivity contribution in [1.29, 1.82) is 0 Å². The molecule has 0 aliphatic carbocycles. The highest BCUT2D eigenvalue weighted by molar-refractivity contribution is 9.10. The van der Waals surface area contributed by atoms with Crippen LogP contribution in [0.3, 0.4) is 0 Å². The van der Waals surface area contributed by atoms with Gasteiger partial charge in [0.15, 0.2) is 0 Å². The van der Waals surface area contributed by atoms with Crippen LogP contribution in [0.5, 0.6) is 0 Å². The third kappa shape index (κ3) is 2.54. The molecule has 0 heterocycles. The Morgan fingerprint density at radius 1 is 1.19 bits per heavy atom. The van der Waals surface area contributed by atoms with Crippen LogP contribution < -0.4 is 0 Å². The molecule has 1 rings (SSSR count). The Hall–Kier alpha value is -1.07. The lowest BCUT2D eigenvalue weighted by atomic mass is 10.1. The van der Waals surface area contributed by atoms with Crippen molar-refractivity contribution in [2.45, 2.75) is 0 Å². The number of esters is 2. The number of rotatable bonds is 2. The van der Waals surface area contributed by atoms with Crippen LogP contribution in [0.15, 0.2) is 16.6 Å². The molecule has 0 atom stereocenters. The van der Waals surface area contributed by atoms with Crippen molar-refractivity contribution in [3.8, 4) is 0 Å². The number of hydrogen-bond donors (Lipinski definition) is 0. The molecule has 0 saturated heterocycles. The van der Waals surface area contributed by atoms with Gasteiger partial charge in [0.1, 0.15) is 0 Å². The molecule has 0 aromatic heterocycles. The van der Waals surface area contributed by atoms with Gasteiger partial charge < -0.3 is 9.47 Å². The van der Waals surface area contributed by atoms with Crippen LogP contribution in [0.4, 0.5) is 0 Å². The summed E-state index contributed by atoms with van der Waals surface area (Å²) in [5, 5.41) is 0.194. The van der Waals surface area contributed by atoms with E-state index in [9.17, 15) is 9.59 Å². The lowest BCUT2D eigenvalue weighted by molar-refractivity contribution is 0.0599. The summed E-state index contributed by atoms with van der Waals surface area (Å²) in [4.78, 5) is 22.7. The Morgan fingerprint density at radius 3 is 2.25 bits per heavy atom. The molecule has 0 radical (unpaired) electrons. The van der Waals surface area contributed by atoms with E-state index < -0.39 is 11.9 Å². The number of hydrogen-bond acceptors (Lipinski definition) is 4. The quantitative estimate of drug-likeness (QED) is 0.788. The molecule has 0 aliphatic rings. The van der Waals surface area contributed by atoms with E-state index in [2.05, 4.69) is 25.4 Å². The third-order valence-electron chi connectivity index (χ3n) is 1.85. The van der Waals surface area contributed by atoms with Gasteiger partial charge in [-0.05, 0) is 28.1 Å². The van der Waals surface area contributed by atoms with Crippen molar-refractivity contribution in [3.63, 3.8) is 0 Å². The third-order valence-corrected chi connectivity index (χ3v) is 3.12. The number of benzene rings is 1. The minimum Gasteiger partial charge on any atom is -0.465 e. The second-order valence-corrected chi connectivity index (χ2v) is 4.04. The van der Waals surface area contributed by atoms with Crippen LogP contribution in [0.25, 0.3) is 0 Å². The molecule has 0 fully saturated rings. The van der Waals surface area contributed by atoms with Gasteiger partial charge >= 0.3 is 11.9 Å². The summed E-state index contributed by atoms with van der Waals surface area (Å²) in [5.74, 6) is -1.17. The monoisotopic (exact) mass is 306 g/mol. The fourth-order valence-corrected chi connectivity index (χ4v) is 1.73. The predicted octanol–water partition coefficient (Wildman–Crippen LogP) is 2.68. The average molecular weight is 308 g/mol. The molecule has 6 heteroatoms. The van der Waals surface area contributed by atoms with Gasteiger partial charge in [0.25, 0.3) is 0 Å². The molecule has 1 aromatic rings. The molecule has 4 nitrogen and oxygen atoms in total. The fraction of sp³-hybridized carbons (Fsp3) is 0.200. The van der Waals surface area contributed by atoms with Crippen LogP contribution in [0, 0.1) is 0 Å². The van der Waals surface area contributed by atoms with E-state index in [0.29, 0.717) is 4.47 Å². The zero-order valence-corrected chi connectivity index (χ0v) is 10.9. The molecule has 0 bridgehead atoms. The van der Waals surface area contributed by atoms with Gasteiger partial charge in [-0.1, -0.05) is 11.6 Å².